The van der Waals surface area contributed by atoms with Crippen LogP contribution in [-0.4, -0.2) is 137 Å². The third-order valence-corrected chi connectivity index (χ3v) is 3.94. The van der Waals surface area contributed by atoms with Gasteiger partial charge in [0.15, 0.2) is 6.29 Å². The summed E-state index contributed by atoms with van der Waals surface area (Å²) < 4.78 is 9.89. The molecule has 1 saturated heterocycles. The molecule has 0 saturated carbocycles. The van der Waals surface area contributed by atoms with E-state index in [1.165, 1.54) is 0 Å². The van der Waals surface area contributed by atoms with Crippen LogP contribution in [0.5, 0.6) is 0 Å². The van der Waals surface area contributed by atoms with Crippen LogP contribution in [0.25, 0.3) is 0 Å². The second-order valence-electron chi connectivity index (χ2n) is 5.83. The van der Waals surface area contributed by atoms with Gasteiger partial charge in [-0.3, -0.25) is 10.5 Å². The quantitative estimate of drug-likeness (QED) is 0.0835. The molecule has 0 aliphatic carbocycles. The number of carboxylic acids is 1. The third-order valence-electron chi connectivity index (χ3n) is 3.94. The van der Waals surface area contributed by atoms with Gasteiger partial charge in [0.1, 0.15) is 54.9 Å². The number of ether oxygens (including phenoxy) is 2. The number of carbonyl (C=O) groups excluding carboxylic acids is 1. The van der Waals surface area contributed by atoms with Crippen LogP contribution in [0.3, 0.4) is 0 Å². The summed E-state index contributed by atoms with van der Waals surface area (Å²) in [4.78, 5) is 10.4. The van der Waals surface area contributed by atoms with Gasteiger partial charge in [0.25, 0.3) is 0 Å². The Morgan fingerprint density at radius 2 is 1.45 bits per heavy atom. The average Bonchev–Trinajstić information content (AvgIpc) is 2.70. The van der Waals surface area contributed by atoms with Crippen molar-refractivity contribution in [2.24, 2.45) is 0 Å². The SMILES string of the molecule is O=C([O-])C(O)C(O)C(O)C(O)C(O)CO[C@H]1O[C@H](CO)[C@@H](O)[C@H](O)[C@H]1O.OO.[Fe]. The minimum Gasteiger partial charge on any atom is -0.547 e. The van der Waals surface area contributed by atoms with Gasteiger partial charge in [-0.15, -0.1) is 0 Å². The van der Waals surface area contributed by atoms with Crippen LogP contribution in [0.4, 0.5) is 0 Å². The van der Waals surface area contributed by atoms with Gasteiger partial charge >= 0.3 is 0 Å². The summed E-state index contributed by atoms with van der Waals surface area (Å²) in [7, 11) is 0. The van der Waals surface area contributed by atoms with Crippen molar-refractivity contribution < 1.29 is 92.9 Å². The van der Waals surface area contributed by atoms with Crippen LogP contribution in [0.2, 0.25) is 0 Å². The third kappa shape index (κ3) is 8.25. The Bertz CT molecular complexity index is 454. The maximum atomic E-state index is 10.4. The monoisotopic (exact) mass is 477 g/mol. The summed E-state index contributed by atoms with van der Waals surface area (Å²) in [6.45, 7) is -1.56. The van der Waals surface area contributed by atoms with E-state index in [9.17, 15) is 45.6 Å². The summed E-state index contributed by atoms with van der Waals surface area (Å²) >= 11 is 0. The second kappa shape index (κ2) is 14.5. The van der Waals surface area contributed by atoms with Gasteiger partial charge in [-0.1, -0.05) is 0 Å². The molecule has 0 bridgehead atoms. The van der Waals surface area contributed by atoms with E-state index in [0.717, 1.165) is 0 Å². The Balaban J connectivity index is 0. The number of aliphatic hydroxyl groups excluding tert-OH is 9. The molecule has 15 nitrogen and oxygen atoms in total. The molecule has 0 aromatic carbocycles. The predicted molar refractivity (Wildman–Crippen MR) is 80.0 cm³/mol. The zero-order valence-electron chi connectivity index (χ0n) is 14.6. The summed E-state index contributed by atoms with van der Waals surface area (Å²) in [5.41, 5.74) is 0. The molecular formula is C13H25FeO15-. The maximum absolute atomic E-state index is 10.4. The van der Waals surface area contributed by atoms with E-state index in [4.69, 9.17) is 30.2 Å². The van der Waals surface area contributed by atoms with E-state index in [-0.39, 0.29) is 17.1 Å². The van der Waals surface area contributed by atoms with Crippen molar-refractivity contribution in [3.63, 3.8) is 0 Å². The van der Waals surface area contributed by atoms with Gasteiger partial charge in [0.2, 0.25) is 0 Å². The van der Waals surface area contributed by atoms with Crippen molar-refractivity contribution in [2.75, 3.05) is 13.2 Å². The van der Waals surface area contributed by atoms with Gasteiger partial charge in [-0.05, 0) is 0 Å². The molecule has 1 aliphatic rings. The first-order valence-corrected chi connectivity index (χ1v) is 7.76. The molecule has 176 valence electrons. The molecule has 0 radical (unpaired) electrons. The summed E-state index contributed by atoms with van der Waals surface area (Å²) in [5, 5.41) is 108. The molecule has 16 heteroatoms. The molecule has 29 heavy (non-hydrogen) atoms. The molecule has 0 aromatic rings. The summed E-state index contributed by atoms with van der Waals surface area (Å²) in [6.07, 6.45) is -19.4. The van der Waals surface area contributed by atoms with Crippen molar-refractivity contribution in [3.05, 3.63) is 0 Å². The van der Waals surface area contributed by atoms with Crippen molar-refractivity contribution in [2.45, 2.75) is 61.2 Å². The van der Waals surface area contributed by atoms with Crippen LogP contribution in [0.15, 0.2) is 0 Å². The Morgan fingerprint density at radius 1 is 0.931 bits per heavy atom. The van der Waals surface area contributed by atoms with E-state index in [2.05, 4.69) is 0 Å². The first-order valence-electron chi connectivity index (χ1n) is 7.76. The fourth-order valence-electron chi connectivity index (χ4n) is 2.25. The molecule has 10 atom stereocenters. The zero-order valence-corrected chi connectivity index (χ0v) is 15.7. The van der Waals surface area contributed by atoms with Crippen molar-refractivity contribution in [1.82, 2.24) is 0 Å². The molecule has 1 fully saturated rings. The van der Waals surface area contributed by atoms with Crippen LogP contribution in [0, 0.1) is 0 Å². The number of hydrogen-bond acceptors (Lipinski definition) is 15. The largest absolute Gasteiger partial charge is 0.547 e. The standard InChI is InChI=1S/C13H24O13.Fe.H2O2/c14-1-4-6(17)8(19)11(22)13(26-4)25-2-3(15)5(16)7(18)9(20)10(21)12(23)24;;1-2/h3-11,13-22H,1-2H2,(H,23,24);;1-2H/p-1/t3?,4-,5?,6-,7?,8+,9?,10?,11-,13+;;/m1../s1. The van der Waals surface area contributed by atoms with Gasteiger partial charge < -0.3 is 65.3 Å². The van der Waals surface area contributed by atoms with Crippen LogP contribution < -0.4 is 5.11 Å². The van der Waals surface area contributed by atoms with Gasteiger partial charge in [0, 0.05) is 17.1 Å². The first-order chi connectivity index (χ1) is 13.0. The van der Waals surface area contributed by atoms with Crippen molar-refractivity contribution in [1.29, 1.82) is 0 Å². The van der Waals surface area contributed by atoms with Crippen LogP contribution >= 0.6 is 0 Å². The van der Waals surface area contributed by atoms with E-state index in [0.29, 0.717) is 0 Å². The molecule has 1 rings (SSSR count). The normalized spacial score (nSPS) is 31.9. The topological polar surface area (TPSA) is 281 Å². The maximum Gasteiger partial charge on any atom is 0.186 e. The number of aliphatic carboxylic acids is 1. The van der Waals surface area contributed by atoms with E-state index in [1.807, 2.05) is 0 Å². The summed E-state index contributed by atoms with van der Waals surface area (Å²) in [6, 6.07) is 0. The van der Waals surface area contributed by atoms with Crippen LogP contribution in [-0.2, 0) is 31.3 Å². The smallest absolute Gasteiger partial charge is 0.186 e. The molecule has 5 unspecified atom stereocenters. The Kier molecular flexibility index (Phi) is 15.3. The predicted octanol–water partition coefficient (Wildman–Crippen LogP) is -7.63. The van der Waals surface area contributed by atoms with E-state index < -0.39 is 80.4 Å². The number of carboxylic acid groups (broad SMARTS) is 1. The summed E-state index contributed by atoms with van der Waals surface area (Å²) in [5.74, 6) is -2.11. The van der Waals surface area contributed by atoms with Gasteiger partial charge in [0.05, 0.1) is 19.2 Å². The second-order valence-corrected chi connectivity index (χ2v) is 5.83. The van der Waals surface area contributed by atoms with Crippen molar-refractivity contribution >= 4 is 5.97 Å². The Hall–Kier alpha value is -0.531. The fraction of sp³-hybridized carbons (Fsp3) is 0.923. The average molecular weight is 477 g/mol. The molecule has 1 aliphatic heterocycles. The number of aliphatic hydroxyl groups is 9. The zero-order chi connectivity index (χ0) is 22.2. The molecule has 11 N–H and O–H groups in total. The van der Waals surface area contributed by atoms with E-state index >= 15 is 0 Å². The van der Waals surface area contributed by atoms with Crippen LogP contribution in [0.1, 0.15) is 0 Å². The molecule has 0 amide bonds. The minimum atomic E-state index is -2.53. The molecular weight excluding hydrogens is 452 g/mol. The van der Waals surface area contributed by atoms with E-state index in [1.54, 1.807) is 0 Å². The molecule has 0 spiro atoms. The van der Waals surface area contributed by atoms with Crippen molar-refractivity contribution in [3.8, 4) is 0 Å². The number of carbonyl (C=O) groups is 1. The molecule has 0 aromatic heterocycles. The number of rotatable bonds is 9. The minimum absolute atomic E-state index is 0. The fourth-order valence-corrected chi connectivity index (χ4v) is 2.25. The Labute approximate surface area is 174 Å². The first kappa shape index (κ1) is 30.7. The number of hydrogen-bond donors (Lipinski definition) is 11. The van der Waals surface area contributed by atoms with Gasteiger partial charge in [-0.2, -0.15) is 0 Å². The Morgan fingerprint density at radius 3 is 1.90 bits per heavy atom. The van der Waals surface area contributed by atoms with Gasteiger partial charge in [-0.25, -0.2) is 0 Å². The molecule has 1 heterocycles.